The molecule has 0 aromatic heterocycles. The van der Waals surface area contributed by atoms with E-state index in [0.29, 0.717) is 5.92 Å². The Labute approximate surface area is 103 Å². The van der Waals surface area contributed by atoms with E-state index in [1.165, 1.54) is 10.9 Å². The standard InChI is InChI=1S/C15H19OP/c1-11(2)12-9-10-15(17(3,4)16)14-8-6-5-7-13(12)14/h5-11H,1-4H3. The van der Waals surface area contributed by atoms with Crippen molar-refractivity contribution in [3.05, 3.63) is 42.0 Å². The molecule has 2 aromatic rings. The Balaban J connectivity index is 2.85. The summed E-state index contributed by atoms with van der Waals surface area (Å²) in [6, 6.07) is 12.4. The summed E-state index contributed by atoms with van der Waals surface area (Å²) in [5.74, 6) is 0.488. The van der Waals surface area contributed by atoms with Gasteiger partial charge in [-0.3, -0.25) is 0 Å². The molecule has 1 nitrogen and oxygen atoms in total. The lowest BCUT2D eigenvalue weighted by Gasteiger charge is -2.15. The van der Waals surface area contributed by atoms with Gasteiger partial charge in [-0.15, -0.1) is 0 Å². The summed E-state index contributed by atoms with van der Waals surface area (Å²) < 4.78 is 12.3. The molecular weight excluding hydrogens is 227 g/mol. The van der Waals surface area contributed by atoms with Gasteiger partial charge in [0.05, 0.1) is 0 Å². The van der Waals surface area contributed by atoms with Crippen molar-refractivity contribution in [2.24, 2.45) is 0 Å². The Hall–Kier alpha value is -1.07. The number of rotatable bonds is 2. The minimum absolute atomic E-state index is 0.488. The highest BCUT2D eigenvalue weighted by Gasteiger charge is 2.16. The molecule has 2 aromatic carbocycles. The van der Waals surface area contributed by atoms with Crippen LogP contribution in [0.2, 0.25) is 0 Å². The topological polar surface area (TPSA) is 17.1 Å². The quantitative estimate of drug-likeness (QED) is 0.725. The van der Waals surface area contributed by atoms with Gasteiger partial charge in [-0.05, 0) is 35.6 Å². The lowest BCUT2D eigenvalue weighted by molar-refractivity contribution is 0.588. The first kappa shape index (κ1) is 12.4. The molecule has 2 rings (SSSR count). The first-order valence-corrected chi connectivity index (χ1v) is 8.58. The molecule has 0 fully saturated rings. The molecule has 0 atom stereocenters. The molecule has 0 spiro atoms. The van der Waals surface area contributed by atoms with Crippen LogP contribution in [-0.4, -0.2) is 13.3 Å². The Morgan fingerprint density at radius 2 is 1.53 bits per heavy atom. The van der Waals surface area contributed by atoms with E-state index in [1.54, 1.807) is 0 Å². The van der Waals surface area contributed by atoms with E-state index >= 15 is 0 Å². The van der Waals surface area contributed by atoms with Crippen molar-refractivity contribution in [3.63, 3.8) is 0 Å². The number of fused-ring (bicyclic) bond motifs is 1. The molecule has 0 aliphatic heterocycles. The molecule has 0 amide bonds. The Morgan fingerprint density at radius 1 is 0.941 bits per heavy atom. The fourth-order valence-corrected chi connectivity index (χ4v) is 3.49. The minimum Gasteiger partial charge on any atom is -0.319 e. The van der Waals surface area contributed by atoms with Crippen molar-refractivity contribution >= 4 is 23.2 Å². The van der Waals surface area contributed by atoms with Crippen LogP contribution >= 0.6 is 7.14 Å². The average molecular weight is 246 g/mol. The maximum Gasteiger partial charge on any atom is 0.110 e. The average Bonchev–Trinajstić information content (AvgIpc) is 2.26. The van der Waals surface area contributed by atoms with Crippen LogP contribution in [0, 0.1) is 0 Å². The van der Waals surface area contributed by atoms with E-state index in [2.05, 4.69) is 32.0 Å². The van der Waals surface area contributed by atoms with Crippen LogP contribution in [0.3, 0.4) is 0 Å². The van der Waals surface area contributed by atoms with Gasteiger partial charge in [0.2, 0.25) is 0 Å². The molecule has 2 heteroatoms. The maximum absolute atomic E-state index is 12.3. The summed E-state index contributed by atoms with van der Waals surface area (Å²) in [4.78, 5) is 0. The SMILES string of the molecule is CC(C)c1ccc(P(C)(C)=O)c2ccccc12. The normalized spacial score (nSPS) is 12.3. The third-order valence-corrected chi connectivity index (χ3v) is 4.69. The van der Waals surface area contributed by atoms with Crippen LogP contribution in [0.25, 0.3) is 10.8 Å². The van der Waals surface area contributed by atoms with Gasteiger partial charge >= 0.3 is 0 Å². The highest BCUT2D eigenvalue weighted by atomic mass is 31.2. The first-order chi connectivity index (χ1) is 7.91. The van der Waals surface area contributed by atoms with Crippen molar-refractivity contribution in [2.75, 3.05) is 13.3 Å². The van der Waals surface area contributed by atoms with Gasteiger partial charge in [-0.2, -0.15) is 0 Å². The minimum atomic E-state index is -2.21. The second-order valence-corrected chi connectivity index (χ2v) is 8.41. The summed E-state index contributed by atoms with van der Waals surface area (Å²) >= 11 is 0. The lowest BCUT2D eigenvalue weighted by Crippen LogP contribution is -2.06. The van der Waals surface area contributed by atoms with Gasteiger partial charge in [0.25, 0.3) is 0 Å². The van der Waals surface area contributed by atoms with Gasteiger partial charge < -0.3 is 4.57 Å². The van der Waals surface area contributed by atoms with Crippen molar-refractivity contribution in [1.29, 1.82) is 0 Å². The second kappa shape index (κ2) is 4.31. The Morgan fingerprint density at radius 3 is 2.06 bits per heavy atom. The van der Waals surface area contributed by atoms with E-state index in [4.69, 9.17) is 0 Å². The fourth-order valence-electron chi connectivity index (χ4n) is 2.28. The smallest absolute Gasteiger partial charge is 0.110 e. The van der Waals surface area contributed by atoms with Crippen molar-refractivity contribution in [1.82, 2.24) is 0 Å². The van der Waals surface area contributed by atoms with Crippen LogP contribution in [0.5, 0.6) is 0 Å². The molecule has 0 aliphatic carbocycles. The van der Waals surface area contributed by atoms with E-state index in [9.17, 15) is 4.57 Å². The monoisotopic (exact) mass is 246 g/mol. The molecule has 90 valence electrons. The van der Waals surface area contributed by atoms with Crippen LogP contribution in [0.4, 0.5) is 0 Å². The number of hydrogen-bond acceptors (Lipinski definition) is 1. The van der Waals surface area contributed by atoms with E-state index < -0.39 is 7.14 Å². The third kappa shape index (κ3) is 2.30. The third-order valence-electron chi connectivity index (χ3n) is 3.14. The zero-order valence-electron chi connectivity index (χ0n) is 10.9. The van der Waals surface area contributed by atoms with Crippen molar-refractivity contribution in [2.45, 2.75) is 19.8 Å². The van der Waals surface area contributed by atoms with Crippen LogP contribution in [0.15, 0.2) is 36.4 Å². The molecule has 0 saturated carbocycles. The Kier molecular flexibility index (Phi) is 3.14. The number of benzene rings is 2. The zero-order valence-corrected chi connectivity index (χ0v) is 11.8. The molecule has 0 aliphatic rings. The highest BCUT2D eigenvalue weighted by molar-refractivity contribution is 7.70. The van der Waals surface area contributed by atoms with E-state index in [0.717, 1.165) is 10.7 Å². The summed E-state index contributed by atoms with van der Waals surface area (Å²) in [6.45, 7) is 8.06. The van der Waals surface area contributed by atoms with Gasteiger partial charge in [0.1, 0.15) is 7.14 Å². The van der Waals surface area contributed by atoms with Crippen molar-refractivity contribution in [3.8, 4) is 0 Å². The molecule has 0 bridgehead atoms. The lowest BCUT2D eigenvalue weighted by atomic mass is 9.96. The van der Waals surface area contributed by atoms with Crippen LogP contribution in [-0.2, 0) is 4.57 Å². The predicted molar refractivity (Wildman–Crippen MR) is 77.1 cm³/mol. The number of hydrogen-bond donors (Lipinski definition) is 0. The molecule has 0 unspecified atom stereocenters. The summed E-state index contributed by atoms with van der Waals surface area (Å²) in [7, 11) is -2.21. The van der Waals surface area contributed by atoms with Gasteiger partial charge in [-0.25, -0.2) is 0 Å². The fraction of sp³-hybridized carbons (Fsp3) is 0.333. The van der Waals surface area contributed by atoms with Crippen molar-refractivity contribution < 1.29 is 4.57 Å². The van der Waals surface area contributed by atoms with E-state index in [-0.39, 0.29) is 0 Å². The molecular formula is C15H19OP. The highest BCUT2D eigenvalue weighted by Crippen LogP contribution is 2.39. The van der Waals surface area contributed by atoms with Crippen LogP contribution in [0.1, 0.15) is 25.3 Å². The van der Waals surface area contributed by atoms with Gasteiger partial charge in [0.15, 0.2) is 0 Å². The molecule has 0 radical (unpaired) electrons. The van der Waals surface area contributed by atoms with Gasteiger partial charge in [0, 0.05) is 5.30 Å². The largest absolute Gasteiger partial charge is 0.319 e. The molecule has 0 heterocycles. The van der Waals surface area contributed by atoms with Crippen LogP contribution < -0.4 is 5.30 Å². The second-order valence-electron chi connectivity index (χ2n) is 5.23. The molecule has 0 N–H and O–H groups in total. The van der Waals surface area contributed by atoms with Gasteiger partial charge in [-0.1, -0.05) is 50.2 Å². The Bertz CT molecular complexity index is 593. The summed E-state index contributed by atoms with van der Waals surface area (Å²) in [5, 5.41) is 3.38. The van der Waals surface area contributed by atoms with E-state index in [1.807, 2.05) is 31.5 Å². The summed E-state index contributed by atoms with van der Waals surface area (Å²) in [5.41, 5.74) is 1.33. The zero-order chi connectivity index (χ0) is 12.6. The predicted octanol–water partition coefficient (Wildman–Crippen LogP) is 4.21. The summed E-state index contributed by atoms with van der Waals surface area (Å²) in [6.07, 6.45) is 0. The molecule has 17 heavy (non-hydrogen) atoms. The molecule has 0 saturated heterocycles. The first-order valence-electron chi connectivity index (χ1n) is 5.98. The maximum atomic E-state index is 12.3.